The largest absolute Gasteiger partial charge is 0.456 e. The lowest BCUT2D eigenvalue weighted by molar-refractivity contribution is 0.486. The zero-order valence-electron chi connectivity index (χ0n) is 16.2. The second-order valence-corrected chi connectivity index (χ2v) is 7.99. The summed E-state index contributed by atoms with van der Waals surface area (Å²) in [5.41, 5.74) is 6.53. The van der Waals surface area contributed by atoms with Crippen molar-refractivity contribution in [1.82, 2.24) is 0 Å². The quantitative estimate of drug-likeness (QED) is 0.321. The molecule has 0 amide bonds. The summed E-state index contributed by atoms with van der Waals surface area (Å²) in [7, 11) is 0. The van der Waals surface area contributed by atoms with Crippen molar-refractivity contribution >= 4 is 23.2 Å². The predicted molar refractivity (Wildman–Crippen MR) is 123 cm³/mol. The van der Waals surface area contributed by atoms with Crippen molar-refractivity contribution in [2.24, 2.45) is 0 Å². The van der Waals surface area contributed by atoms with E-state index < -0.39 is 0 Å². The summed E-state index contributed by atoms with van der Waals surface area (Å²) in [6, 6.07) is 28.1. The van der Waals surface area contributed by atoms with Crippen LogP contribution >= 0.6 is 23.2 Å². The standard InChI is InChI=1S/C26H20Cl2O/c1-17-3-13-25(23(15-17)19-5-9-21(27)10-6-19)29-26-14-4-18(2)16-24(26)20-7-11-22(28)12-8-20/h3-16H,1-2H3. The van der Waals surface area contributed by atoms with Crippen molar-refractivity contribution in [3.8, 4) is 33.8 Å². The summed E-state index contributed by atoms with van der Waals surface area (Å²) in [4.78, 5) is 0. The van der Waals surface area contributed by atoms with Crippen LogP contribution in [0.3, 0.4) is 0 Å². The molecule has 0 aliphatic rings. The van der Waals surface area contributed by atoms with Crippen LogP contribution in [-0.4, -0.2) is 0 Å². The molecular formula is C26H20Cl2O. The van der Waals surface area contributed by atoms with E-state index in [9.17, 15) is 0 Å². The monoisotopic (exact) mass is 418 g/mol. The van der Waals surface area contributed by atoms with Gasteiger partial charge in [0.2, 0.25) is 0 Å². The lowest BCUT2D eigenvalue weighted by Crippen LogP contribution is -1.93. The zero-order chi connectivity index (χ0) is 20.4. The molecule has 29 heavy (non-hydrogen) atoms. The highest BCUT2D eigenvalue weighted by Crippen LogP contribution is 2.39. The van der Waals surface area contributed by atoms with Crippen LogP contribution in [0.1, 0.15) is 11.1 Å². The van der Waals surface area contributed by atoms with Crippen molar-refractivity contribution in [1.29, 1.82) is 0 Å². The normalized spacial score (nSPS) is 10.8. The number of aryl methyl sites for hydroxylation is 2. The minimum absolute atomic E-state index is 0.715. The van der Waals surface area contributed by atoms with E-state index in [1.807, 2.05) is 60.7 Å². The molecule has 0 radical (unpaired) electrons. The molecule has 0 N–H and O–H groups in total. The van der Waals surface area contributed by atoms with E-state index in [2.05, 4.69) is 38.1 Å². The van der Waals surface area contributed by atoms with Crippen LogP contribution < -0.4 is 4.74 Å². The molecule has 0 aromatic heterocycles. The number of hydrogen-bond acceptors (Lipinski definition) is 1. The Morgan fingerprint density at radius 3 is 1.28 bits per heavy atom. The Labute approximate surface area is 181 Å². The summed E-state index contributed by atoms with van der Waals surface area (Å²) < 4.78 is 6.45. The lowest BCUT2D eigenvalue weighted by Gasteiger charge is -2.16. The number of benzene rings is 4. The third-order valence-electron chi connectivity index (χ3n) is 4.80. The third-order valence-corrected chi connectivity index (χ3v) is 5.30. The van der Waals surface area contributed by atoms with E-state index in [4.69, 9.17) is 27.9 Å². The van der Waals surface area contributed by atoms with E-state index in [0.29, 0.717) is 10.0 Å². The van der Waals surface area contributed by atoms with Gasteiger partial charge in [0.15, 0.2) is 0 Å². The molecule has 0 aliphatic heterocycles. The molecular weight excluding hydrogens is 399 g/mol. The summed E-state index contributed by atoms with van der Waals surface area (Å²) in [6.07, 6.45) is 0. The Bertz CT molecular complexity index is 1050. The second-order valence-electron chi connectivity index (χ2n) is 7.12. The van der Waals surface area contributed by atoms with Gasteiger partial charge in [0.1, 0.15) is 11.5 Å². The molecule has 0 spiro atoms. The Hall–Kier alpha value is -2.74. The molecule has 0 bridgehead atoms. The summed E-state index contributed by atoms with van der Waals surface area (Å²) in [5, 5.41) is 1.43. The Morgan fingerprint density at radius 1 is 0.517 bits per heavy atom. The minimum Gasteiger partial charge on any atom is -0.456 e. The second kappa shape index (κ2) is 8.32. The highest BCUT2D eigenvalue weighted by Gasteiger charge is 2.12. The molecule has 0 fully saturated rings. The number of ether oxygens (including phenoxy) is 1. The van der Waals surface area contributed by atoms with Crippen molar-refractivity contribution in [2.75, 3.05) is 0 Å². The zero-order valence-corrected chi connectivity index (χ0v) is 17.8. The van der Waals surface area contributed by atoms with Crippen LogP contribution in [0.5, 0.6) is 11.5 Å². The van der Waals surface area contributed by atoms with Crippen molar-refractivity contribution in [2.45, 2.75) is 13.8 Å². The van der Waals surface area contributed by atoms with Crippen molar-refractivity contribution in [3.05, 3.63) is 106 Å². The molecule has 4 aromatic carbocycles. The highest BCUT2D eigenvalue weighted by atomic mass is 35.5. The van der Waals surface area contributed by atoms with Crippen LogP contribution in [0, 0.1) is 13.8 Å². The minimum atomic E-state index is 0.715. The van der Waals surface area contributed by atoms with Gasteiger partial charge in [-0.25, -0.2) is 0 Å². The summed E-state index contributed by atoms with van der Waals surface area (Å²) in [5.74, 6) is 1.61. The topological polar surface area (TPSA) is 9.23 Å². The molecule has 4 aromatic rings. The Kier molecular flexibility index (Phi) is 5.62. The summed E-state index contributed by atoms with van der Waals surface area (Å²) in [6.45, 7) is 4.16. The molecule has 0 heterocycles. The Morgan fingerprint density at radius 2 is 0.897 bits per heavy atom. The van der Waals surface area contributed by atoms with E-state index >= 15 is 0 Å². The SMILES string of the molecule is Cc1ccc(Oc2ccc(C)cc2-c2ccc(Cl)cc2)c(-c2ccc(Cl)cc2)c1. The van der Waals surface area contributed by atoms with Crippen LogP contribution in [0.2, 0.25) is 10.0 Å². The van der Waals surface area contributed by atoms with Gasteiger partial charge in [0.05, 0.1) is 0 Å². The van der Waals surface area contributed by atoms with Gasteiger partial charge in [-0.1, -0.05) is 70.7 Å². The number of rotatable bonds is 4. The van der Waals surface area contributed by atoms with E-state index in [1.165, 1.54) is 11.1 Å². The van der Waals surface area contributed by atoms with E-state index in [-0.39, 0.29) is 0 Å². The molecule has 0 unspecified atom stereocenters. The molecule has 0 saturated heterocycles. The van der Waals surface area contributed by atoms with Gasteiger partial charge in [-0.15, -0.1) is 0 Å². The van der Waals surface area contributed by atoms with Gasteiger partial charge >= 0.3 is 0 Å². The van der Waals surface area contributed by atoms with Crippen molar-refractivity contribution in [3.63, 3.8) is 0 Å². The highest BCUT2D eigenvalue weighted by molar-refractivity contribution is 6.30. The van der Waals surface area contributed by atoms with Gasteiger partial charge in [-0.3, -0.25) is 0 Å². The van der Waals surface area contributed by atoms with Crippen LogP contribution in [0.25, 0.3) is 22.3 Å². The first kappa shape index (κ1) is 19.6. The maximum atomic E-state index is 6.45. The number of halogens is 2. The lowest BCUT2D eigenvalue weighted by atomic mass is 10.0. The van der Waals surface area contributed by atoms with Gasteiger partial charge < -0.3 is 4.74 Å². The molecule has 4 rings (SSSR count). The molecule has 1 nitrogen and oxygen atoms in total. The van der Waals surface area contributed by atoms with Gasteiger partial charge in [-0.2, -0.15) is 0 Å². The first-order valence-electron chi connectivity index (χ1n) is 9.41. The first-order chi connectivity index (χ1) is 14.0. The first-order valence-corrected chi connectivity index (χ1v) is 10.2. The summed E-state index contributed by atoms with van der Waals surface area (Å²) >= 11 is 12.1. The van der Waals surface area contributed by atoms with E-state index in [1.54, 1.807) is 0 Å². The van der Waals surface area contributed by atoms with Crippen LogP contribution in [0.4, 0.5) is 0 Å². The third kappa shape index (κ3) is 4.48. The fraction of sp³-hybridized carbons (Fsp3) is 0.0769. The van der Waals surface area contributed by atoms with Crippen LogP contribution in [-0.2, 0) is 0 Å². The van der Waals surface area contributed by atoms with Gasteiger partial charge in [-0.05, 0) is 73.5 Å². The predicted octanol–water partition coefficient (Wildman–Crippen LogP) is 8.74. The van der Waals surface area contributed by atoms with Gasteiger partial charge in [0.25, 0.3) is 0 Å². The molecule has 3 heteroatoms. The Balaban J connectivity index is 1.79. The van der Waals surface area contributed by atoms with Crippen LogP contribution in [0.15, 0.2) is 84.9 Å². The van der Waals surface area contributed by atoms with Gasteiger partial charge in [0, 0.05) is 21.2 Å². The van der Waals surface area contributed by atoms with E-state index in [0.717, 1.165) is 33.8 Å². The fourth-order valence-electron chi connectivity index (χ4n) is 3.29. The molecule has 144 valence electrons. The average Bonchev–Trinajstić information content (AvgIpc) is 2.72. The average molecular weight is 419 g/mol. The fourth-order valence-corrected chi connectivity index (χ4v) is 3.55. The van der Waals surface area contributed by atoms with Crippen molar-refractivity contribution < 1.29 is 4.74 Å². The molecule has 0 atom stereocenters. The number of hydrogen-bond donors (Lipinski definition) is 0. The molecule has 0 saturated carbocycles. The smallest absolute Gasteiger partial charge is 0.135 e. The maximum Gasteiger partial charge on any atom is 0.135 e. The maximum absolute atomic E-state index is 6.45. The molecule has 0 aliphatic carbocycles.